The highest BCUT2D eigenvalue weighted by molar-refractivity contribution is 5.29. The predicted octanol–water partition coefficient (Wildman–Crippen LogP) is 3.25. The van der Waals surface area contributed by atoms with Crippen LogP contribution in [0.15, 0.2) is 54.7 Å². The average Bonchev–Trinajstić information content (AvgIpc) is 3.27. The minimum atomic E-state index is -0.802. The molecule has 0 radical (unpaired) electrons. The lowest BCUT2D eigenvalue weighted by atomic mass is 10.1. The molecule has 1 saturated carbocycles. The maximum atomic E-state index is 13.3. The molecule has 128 valence electrons. The van der Waals surface area contributed by atoms with Crippen LogP contribution in [0.2, 0.25) is 0 Å². The second-order valence-electron chi connectivity index (χ2n) is 6.40. The van der Waals surface area contributed by atoms with Crippen LogP contribution in [0.5, 0.6) is 0 Å². The summed E-state index contributed by atoms with van der Waals surface area (Å²) in [5, 5.41) is 11.7. The van der Waals surface area contributed by atoms with E-state index in [4.69, 9.17) is 0 Å². The molecule has 0 unspecified atom stereocenters. The first-order valence-electron chi connectivity index (χ1n) is 8.30. The fourth-order valence-electron chi connectivity index (χ4n) is 3.03. The molecule has 1 N–H and O–H groups in total. The number of aromatic nitrogens is 3. The number of nitrogens with one attached hydrogen (secondary N) is 1. The maximum Gasteiger partial charge on any atom is 0.159 e. The monoisotopic (exact) mass is 340 g/mol. The summed E-state index contributed by atoms with van der Waals surface area (Å²) in [6.07, 6.45) is 2.85. The zero-order valence-corrected chi connectivity index (χ0v) is 13.6. The summed E-state index contributed by atoms with van der Waals surface area (Å²) in [6, 6.07) is 14.5. The Hall–Kier alpha value is -2.60. The molecule has 0 bridgehead atoms. The molecule has 2 atom stereocenters. The number of nitrogens with zero attached hydrogens (tertiary/aromatic N) is 3. The van der Waals surface area contributed by atoms with Crippen molar-refractivity contribution in [2.24, 2.45) is 0 Å². The third-order valence-electron chi connectivity index (χ3n) is 4.48. The Morgan fingerprint density at radius 3 is 2.72 bits per heavy atom. The van der Waals surface area contributed by atoms with Gasteiger partial charge in [-0.1, -0.05) is 41.6 Å². The number of hydrogen-bond donors (Lipinski definition) is 1. The highest BCUT2D eigenvalue weighted by Crippen LogP contribution is 2.41. The summed E-state index contributed by atoms with van der Waals surface area (Å²) in [4.78, 5) is 0. The van der Waals surface area contributed by atoms with Crippen molar-refractivity contribution in [1.82, 2.24) is 20.3 Å². The fraction of sp³-hybridized carbons (Fsp3) is 0.263. The molecule has 0 aliphatic heterocycles. The van der Waals surface area contributed by atoms with Gasteiger partial charge in [-0.2, -0.15) is 0 Å². The van der Waals surface area contributed by atoms with Crippen molar-refractivity contribution >= 4 is 0 Å². The summed E-state index contributed by atoms with van der Waals surface area (Å²) in [5.74, 6) is -1.36. The third kappa shape index (κ3) is 3.74. The molecule has 3 aromatic rings. The number of hydrogen-bond acceptors (Lipinski definition) is 3. The van der Waals surface area contributed by atoms with Gasteiger partial charge in [-0.3, -0.25) is 0 Å². The SMILES string of the molecule is Fc1ccc([C@@H]2C[C@H]2NCc2cn(Cc3ccccc3)nn2)cc1F. The largest absolute Gasteiger partial charge is 0.308 e. The molecule has 1 heterocycles. The fourth-order valence-corrected chi connectivity index (χ4v) is 3.03. The first-order chi connectivity index (χ1) is 12.2. The van der Waals surface area contributed by atoms with Crippen LogP contribution in [0.1, 0.15) is 29.2 Å². The van der Waals surface area contributed by atoms with E-state index >= 15 is 0 Å². The Kier molecular flexibility index (Phi) is 4.28. The summed E-state index contributed by atoms with van der Waals surface area (Å²) in [6.45, 7) is 1.30. The van der Waals surface area contributed by atoms with Crippen LogP contribution < -0.4 is 5.32 Å². The Labute approximate surface area is 144 Å². The standard InChI is InChI=1S/C19H18F2N4/c20-17-7-6-14(8-18(17)21)16-9-19(16)22-10-15-12-25(24-23-15)11-13-4-2-1-3-5-13/h1-8,12,16,19,22H,9-11H2/t16-,19+/m0/s1. The van der Waals surface area contributed by atoms with Crippen LogP contribution >= 0.6 is 0 Å². The van der Waals surface area contributed by atoms with E-state index in [0.717, 1.165) is 17.7 Å². The smallest absolute Gasteiger partial charge is 0.159 e. The minimum absolute atomic E-state index is 0.231. The second kappa shape index (κ2) is 6.72. The molecule has 1 aliphatic rings. The average molecular weight is 340 g/mol. The maximum absolute atomic E-state index is 13.3. The van der Waals surface area contributed by atoms with Crippen LogP contribution in [0, 0.1) is 11.6 Å². The Morgan fingerprint density at radius 2 is 1.92 bits per heavy atom. The van der Waals surface area contributed by atoms with Gasteiger partial charge >= 0.3 is 0 Å². The van der Waals surface area contributed by atoms with Crippen molar-refractivity contribution in [1.29, 1.82) is 0 Å². The van der Waals surface area contributed by atoms with Gasteiger partial charge in [-0.15, -0.1) is 5.10 Å². The molecule has 1 aliphatic carbocycles. The lowest BCUT2D eigenvalue weighted by Crippen LogP contribution is -2.17. The molecule has 6 heteroatoms. The van der Waals surface area contributed by atoms with Gasteiger partial charge in [0.25, 0.3) is 0 Å². The Balaban J connectivity index is 1.30. The van der Waals surface area contributed by atoms with Crippen LogP contribution in [0.25, 0.3) is 0 Å². The van der Waals surface area contributed by atoms with Crippen LogP contribution in [-0.4, -0.2) is 21.0 Å². The van der Waals surface area contributed by atoms with E-state index in [1.807, 2.05) is 29.1 Å². The molecule has 1 fully saturated rings. The first-order valence-corrected chi connectivity index (χ1v) is 8.30. The van der Waals surface area contributed by atoms with Gasteiger partial charge in [0.15, 0.2) is 11.6 Å². The van der Waals surface area contributed by atoms with Gasteiger partial charge in [-0.05, 0) is 29.7 Å². The number of halogens is 2. The zero-order chi connectivity index (χ0) is 17.2. The summed E-state index contributed by atoms with van der Waals surface area (Å²) in [5.41, 5.74) is 2.88. The van der Waals surface area contributed by atoms with Gasteiger partial charge in [-0.25, -0.2) is 13.5 Å². The topological polar surface area (TPSA) is 42.7 Å². The van der Waals surface area contributed by atoms with Gasteiger partial charge in [0.2, 0.25) is 0 Å². The molecule has 0 amide bonds. The van der Waals surface area contributed by atoms with E-state index in [0.29, 0.717) is 13.1 Å². The van der Waals surface area contributed by atoms with Gasteiger partial charge < -0.3 is 5.32 Å². The molecular weight excluding hydrogens is 322 g/mol. The van der Waals surface area contributed by atoms with E-state index in [1.165, 1.54) is 17.7 Å². The van der Waals surface area contributed by atoms with Crippen molar-refractivity contribution in [2.45, 2.75) is 31.5 Å². The Morgan fingerprint density at radius 1 is 1.08 bits per heavy atom. The van der Waals surface area contributed by atoms with E-state index in [1.54, 1.807) is 6.07 Å². The molecule has 25 heavy (non-hydrogen) atoms. The highest BCUT2D eigenvalue weighted by Gasteiger charge is 2.38. The van der Waals surface area contributed by atoms with Gasteiger partial charge in [0.05, 0.1) is 18.4 Å². The van der Waals surface area contributed by atoms with Gasteiger partial charge in [0, 0.05) is 18.5 Å². The molecular formula is C19H18F2N4. The molecule has 4 nitrogen and oxygen atoms in total. The van der Waals surface area contributed by atoms with Crippen molar-refractivity contribution in [2.75, 3.05) is 0 Å². The van der Waals surface area contributed by atoms with Crippen LogP contribution in [-0.2, 0) is 13.1 Å². The van der Waals surface area contributed by atoms with E-state index in [9.17, 15) is 8.78 Å². The first kappa shape index (κ1) is 15.9. The zero-order valence-electron chi connectivity index (χ0n) is 13.6. The molecule has 0 saturated heterocycles. The lowest BCUT2D eigenvalue weighted by Gasteiger charge is -2.03. The van der Waals surface area contributed by atoms with E-state index in [2.05, 4.69) is 27.8 Å². The molecule has 0 spiro atoms. The van der Waals surface area contributed by atoms with E-state index < -0.39 is 11.6 Å². The van der Waals surface area contributed by atoms with Gasteiger partial charge in [0.1, 0.15) is 0 Å². The third-order valence-corrected chi connectivity index (χ3v) is 4.48. The van der Waals surface area contributed by atoms with E-state index in [-0.39, 0.29) is 12.0 Å². The summed E-state index contributed by atoms with van der Waals surface area (Å²) < 4.78 is 28.1. The van der Waals surface area contributed by atoms with Crippen molar-refractivity contribution in [3.63, 3.8) is 0 Å². The second-order valence-corrected chi connectivity index (χ2v) is 6.40. The molecule has 2 aromatic carbocycles. The number of benzene rings is 2. The normalized spacial score (nSPS) is 19.1. The number of rotatable bonds is 6. The quantitative estimate of drug-likeness (QED) is 0.749. The molecule has 1 aromatic heterocycles. The minimum Gasteiger partial charge on any atom is -0.308 e. The molecule has 4 rings (SSSR count). The highest BCUT2D eigenvalue weighted by atomic mass is 19.2. The lowest BCUT2D eigenvalue weighted by molar-refractivity contribution is 0.506. The van der Waals surface area contributed by atoms with Crippen molar-refractivity contribution in [3.8, 4) is 0 Å². The summed E-state index contributed by atoms with van der Waals surface area (Å²) in [7, 11) is 0. The van der Waals surface area contributed by atoms with Crippen molar-refractivity contribution < 1.29 is 8.78 Å². The Bertz CT molecular complexity index is 863. The predicted molar refractivity (Wildman–Crippen MR) is 89.9 cm³/mol. The van der Waals surface area contributed by atoms with Crippen LogP contribution in [0.4, 0.5) is 8.78 Å². The summed E-state index contributed by atoms with van der Waals surface area (Å²) >= 11 is 0. The van der Waals surface area contributed by atoms with Crippen molar-refractivity contribution in [3.05, 3.63) is 83.2 Å². The van der Waals surface area contributed by atoms with Crippen LogP contribution in [0.3, 0.4) is 0 Å².